The number of hydrogen-bond acceptors (Lipinski definition) is 4. The third-order valence-electron chi connectivity index (χ3n) is 8.23. The molecule has 5 nitrogen and oxygen atoms in total. The zero-order valence-corrected chi connectivity index (χ0v) is 27.9. The lowest BCUT2D eigenvalue weighted by Gasteiger charge is -2.21. The lowest BCUT2D eigenvalue weighted by atomic mass is 10.0. The minimum absolute atomic E-state index is 0.00146. The standard InChI is InChI=1S/C37H71NO4/c1-3-5-7-9-11-13-14-15-16-17-18-19-20-21-22-23-25-27-29-31-36(41)35(33-39)38-37(42)32-34(40)30-28-26-24-12-10-8-6-4-2/h10,12,29,31,34-36,39-41H,3-9,11,13-28,30,32-33H2,1-2H3,(H,38,42)/b12-10-,31-29+. The van der Waals surface area contributed by atoms with Gasteiger partial charge in [-0.15, -0.1) is 0 Å². The van der Waals surface area contributed by atoms with E-state index in [1.807, 2.05) is 6.08 Å². The van der Waals surface area contributed by atoms with Gasteiger partial charge in [0, 0.05) is 0 Å². The highest BCUT2D eigenvalue weighted by Crippen LogP contribution is 2.15. The van der Waals surface area contributed by atoms with Crippen molar-refractivity contribution in [3.05, 3.63) is 24.3 Å². The van der Waals surface area contributed by atoms with Crippen LogP contribution in [-0.4, -0.2) is 46.1 Å². The molecule has 42 heavy (non-hydrogen) atoms. The molecule has 3 atom stereocenters. The average Bonchev–Trinajstić information content (AvgIpc) is 2.98. The van der Waals surface area contributed by atoms with E-state index in [-0.39, 0.29) is 18.9 Å². The van der Waals surface area contributed by atoms with Gasteiger partial charge in [-0.25, -0.2) is 0 Å². The SMILES string of the molecule is CCCC/C=C\CCCCC(O)CC(=O)NC(CO)C(O)/C=C/CCCCCCCCCCCCCCCCCCC. The van der Waals surface area contributed by atoms with Crippen LogP contribution in [0, 0.1) is 0 Å². The fourth-order valence-corrected chi connectivity index (χ4v) is 5.38. The minimum Gasteiger partial charge on any atom is -0.394 e. The molecule has 4 N–H and O–H groups in total. The lowest BCUT2D eigenvalue weighted by molar-refractivity contribution is -0.124. The quantitative estimate of drug-likeness (QED) is 0.0462. The van der Waals surface area contributed by atoms with Crippen molar-refractivity contribution in [3.63, 3.8) is 0 Å². The van der Waals surface area contributed by atoms with Crippen molar-refractivity contribution in [2.24, 2.45) is 0 Å². The van der Waals surface area contributed by atoms with Crippen LogP contribution in [0.5, 0.6) is 0 Å². The molecule has 0 rings (SSSR count). The predicted molar refractivity (Wildman–Crippen MR) is 181 cm³/mol. The molecule has 1 amide bonds. The number of nitrogens with one attached hydrogen (secondary N) is 1. The van der Waals surface area contributed by atoms with E-state index in [4.69, 9.17) is 0 Å². The van der Waals surface area contributed by atoms with Crippen LogP contribution in [0.4, 0.5) is 0 Å². The second kappa shape index (κ2) is 32.7. The van der Waals surface area contributed by atoms with Crippen LogP contribution in [0.2, 0.25) is 0 Å². The van der Waals surface area contributed by atoms with Gasteiger partial charge in [0.15, 0.2) is 0 Å². The summed E-state index contributed by atoms with van der Waals surface area (Å²) in [5, 5.41) is 32.9. The van der Waals surface area contributed by atoms with Gasteiger partial charge >= 0.3 is 0 Å². The van der Waals surface area contributed by atoms with Crippen LogP contribution < -0.4 is 5.32 Å². The van der Waals surface area contributed by atoms with Gasteiger partial charge in [-0.05, 0) is 38.5 Å². The van der Waals surface area contributed by atoms with Crippen molar-refractivity contribution < 1.29 is 20.1 Å². The van der Waals surface area contributed by atoms with Crippen molar-refractivity contribution in [1.82, 2.24) is 5.32 Å². The molecule has 5 heteroatoms. The molecule has 0 spiro atoms. The zero-order chi connectivity index (χ0) is 30.9. The summed E-state index contributed by atoms with van der Waals surface area (Å²) in [7, 11) is 0. The molecular formula is C37H71NO4. The van der Waals surface area contributed by atoms with E-state index in [0.717, 1.165) is 38.5 Å². The summed E-state index contributed by atoms with van der Waals surface area (Å²) in [6.45, 7) is 4.13. The fraction of sp³-hybridized carbons (Fsp3) is 0.865. The number of amides is 1. The number of carbonyl (C=O) groups excluding carboxylic acids is 1. The number of aliphatic hydroxyl groups is 3. The molecule has 248 valence electrons. The van der Waals surface area contributed by atoms with E-state index in [1.165, 1.54) is 116 Å². The van der Waals surface area contributed by atoms with Gasteiger partial charge in [0.2, 0.25) is 5.91 Å². The Morgan fingerprint density at radius 3 is 1.52 bits per heavy atom. The maximum absolute atomic E-state index is 12.3. The van der Waals surface area contributed by atoms with E-state index in [2.05, 4.69) is 31.3 Å². The fourth-order valence-electron chi connectivity index (χ4n) is 5.38. The monoisotopic (exact) mass is 594 g/mol. The first-order chi connectivity index (χ1) is 20.5. The first kappa shape index (κ1) is 40.8. The smallest absolute Gasteiger partial charge is 0.222 e. The van der Waals surface area contributed by atoms with Crippen LogP contribution in [0.1, 0.15) is 181 Å². The van der Waals surface area contributed by atoms with E-state index in [0.29, 0.717) is 6.42 Å². The number of hydrogen-bond donors (Lipinski definition) is 4. The number of allylic oxidation sites excluding steroid dienone is 3. The van der Waals surface area contributed by atoms with Gasteiger partial charge in [0.05, 0.1) is 31.3 Å². The normalized spacial score (nSPS) is 14.1. The Labute approximate surface area is 261 Å². The van der Waals surface area contributed by atoms with Gasteiger partial charge in [-0.3, -0.25) is 4.79 Å². The molecule has 0 saturated carbocycles. The second-order valence-corrected chi connectivity index (χ2v) is 12.5. The molecule has 0 heterocycles. The third-order valence-corrected chi connectivity index (χ3v) is 8.23. The summed E-state index contributed by atoms with van der Waals surface area (Å²) in [5.74, 6) is -0.332. The predicted octanol–water partition coefficient (Wildman–Crippen LogP) is 9.48. The largest absolute Gasteiger partial charge is 0.394 e. The van der Waals surface area contributed by atoms with Gasteiger partial charge in [-0.2, -0.15) is 0 Å². The van der Waals surface area contributed by atoms with Crippen LogP contribution in [-0.2, 0) is 4.79 Å². The molecule has 0 radical (unpaired) electrons. The van der Waals surface area contributed by atoms with E-state index < -0.39 is 18.2 Å². The number of aliphatic hydroxyl groups excluding tert-OH is 3. The molecule has 0 aromatic rings. The molecule has 0 aliphatic carbocycles. The van der Waals surface area contributed by atoms with Gasteiger partial charge in [0.1, 0.15) is 0 Å². The number of unbranched alkanes of at least 4 members (excludes halogenated alkanes) is 21. The Balaban J connectivity index is 3.70. The summed E-state index contributed by atoms with van der Waals surface area (Å²) < 4.78 is 0. The molecule has 0 aliphatic rings. The van der Waals surface area contributed by atoms with Gasteiger partial charge in [0.25, 0.3) is 0 Å². The van der Waals surface area contributed by atoms with Crippen molar-refractivity contribution in [2.45, 2.75) is 199 Å². The van der Waals surface area contributed by atoms with Gasteiger partial charge in [-0.1, -0.05) is 160 Å². The molecule has 0 aromatic heterocycles. The highest BCUT2D eigenvalue weighted by atomic mass is 16.3. The van der Waals surface area contributed by atoms with Gasteiger partial charge < -0.3 is 20.6 Å². The zero-order valence-electron chi connectivity index (χ0n) is 27.9. The first-order valence-corrected chi connectivity index (χ1v) is 18.1. The maximum Gasteiger partial charge on any atom is 0.222 e. The lowest BCUT2D eigenvalue weighted by Crippen LogP contribution is -2.45. The number of rotatable bonds is 32. The Morgan fingerprint density at radius 1 is 0.595 bits per heavy atom. The van der Waals surface area contributed by atoms with Crippen molar-refractivity contribution in [3.8, 4) is 0 Å². The Kier molecular flexibility index (Phi) is 31.8. The molecule has 0 fully saturated rings. The number of carbonyl (C=O) groups is 1. The highest BCUT2D eigenvalue weighted by molar-refractivity contribution is 5.76. The molecule has 0 bridgehead atoms. The van der Waals surface area contributed by atoms with Crippen LogP contribution in [0.25, 0.3) is 0 Å². The summed E-state index contributed by atoms with van der Waals surface area (Å²) in [5.41, 5.74) is 0. The van der Waals surface area contributed by atoms with Crippen molar-refractivity contribution in [1.29, 1.82) is 0 Å². The average molecular weight is 594 g/mol. The summed E-state index contributed by atoms with van der Waals surface area (Å²) in [6, 6.07) is -0.746. The van der Waals surface area contributed by atoms with Crippen LogP contribution >= 0.6 is 0 Å². The third kappa shape index (κ3) is 28.9. The van der Waals surface area contributed by atoms with Crippen LogP contribution in [0.15, 0.2) is 24.3 Å². The molecular weight excluding hydrogens is 522 g/mol. The summed E-state index contributed by atoms with van der Waals surface area (Å²) in [6.07, 6.45) is 37.5. The summed E-state index contributed by atoms with van der Waals surface area (Å²) in [4.78, 5) is 12.3. The molecule has 0 saturated heterocycles. The van der Waals surface area contributed by atoms with Crippen molar-refractivity contribution in [2.75, 3.05) is 6.61 Å². The van der Waals surface area contributed by atoms with E-state index in [9.17, 15) is 20.1 Å². The van der Waals surface area contributed by atoms with Crippen LogP contribution in [0.3, 0.4) is 0 Å². The maximum atomic E-state index is 12.3. The van der Waals surface area contributed by atoms with E-state index >= 15 is 0 Å². The molecule has 0 aliphatic heterocycles. The second-order valence-electron chi connectivity index (χ2n) is 12.5. The Hall–Kier alpha value is -1.17. The Morgan fingerprint density at radius 2 is 1.02 bits per heavy atom. The topological polar surface area (TPSA) is 89.8 Å². The minimum atomic E-state index is -0.929. The first-order valence-electron chi connectivity index (χ1n) is 18.1. The molecule has 3 unspecified atom stereocenters. The van der Waals surface area contributed by atoms with Crippen molar-refractivity contribution >= 4 is 5.91 Å². The highest BCUT2D eigenvalue weighted by Gasteiger charge is 2.20. The van der Waals surface area contributed by atoms with E-state index in [1.54, 1.807) is 6.08 Å². The Bertz CT molecular complexity index is 621. The summed E-state index contributed by atoms with van der Waals surface area (Å²) >= 11 is 0. The molecule has 0 aromatic carbocycles.